The zero-order chi connectivity index (χ0) is 17.9. The van der Waals surface area contributed by atoms with Crippen molar-refractivity contribution in [2.24, 2.45) is 4.99 Å². The summed E-state index contributed by atoms with van der Waals surface area (Å²) in [7, 11) is 4.31. The van der Waals surface area contributed by atoms with Gasteiger partial charge in [0, 0.05) is 13.6 Å². The van der Waals surface area contributed by atoms with Gasteiger partial charge in [0.1, 0.15) is 0 Å². The van der Waals surface area contributed by atoms with Crippen molar-refractivity contribution in [3.63, 3.8) is 0 Å². The summed E-state index contributed by atoms with van der Waals surface area (Å²) in [4.78, 5) is 8.56. The fourth-order valence-corrected chi connectivity index (χ4v) is 2.91. The van der Waals surface area contributed by atoms with E-state index in [1.165, 1.54) is 90.1 Å². The number of unbranched alkanes of at least 4 members (excludes halogenated alkanes) is 10. The van der Waals surface area contributed by atoms with Gasteiger partial charge in [-0.1, -0.05) is 78.1 Å². The van der Waals surface area contributed by atoms with E-state index in [1.807, 2.05) is 13.4 Å². The maximum Gasteiger partial charge on any atom is 0.0848 e. The van der Waals surface area contributed by atoms with Crippen LogP contribution in [0.2, 0.25) is 0 Å². The molecule has 0 N–H and O–H groups in total. The van der Waals surface area contributed by atoms with Crippen LogP contribution < -0.4 is 0 Å². The smallest absolute Gasteiger partial charge is 0.0848 e. The molecule has 1 heterocycles. The van der Waals surface area contributed by atoms with E-state index in [1.54, 1.807) is 0 Å². The first-order valence-electron chi connectivity index (χ1n) is 10.6. The average molecular weight is 340 g/mol. The monoisotopic (exact) mass is 339 g/mol. The Hall–Kier alpha value is -0.570. The van der Waals surface area contributed by atoms with Gasteiger partial charge in [-0.05, 0) is 33.0 Å². The lowest BCUT2D eigenvalue weighted by atomic mass is 10.1. The zero-order valence-corrected chi connectivity index (χ0v) is 17.2. The Morgan fingerprint density at radius 3 is 1.58 bits per heavy atom. The van der Waals surface area contributed by atoms with Crippen molar-refractivity contribution in [1.29, 1.82) is 0 Å². The Bertz CT molecular complexity index is 250. The van der Waals surface area contributed by atoms with E-state index in [-0.39, 0.29) is 0 Å². The summed E-state index contributed by atoms with van der Waals surface area (Å²) < 4.78 is 0. The fourth-order valence-electron chi connectivity index (χ4n) is 2.91. The molecule has 0 fully saturated rings. The Morgan fingerprint density at radius 1 is 0.792 bits per heavy atom. The molecular weight excluding hydrogens is 294 g/mol. The molecule has 0 aromatic rings. The van der Waals surface area contributed by atoms with Crippen LogP contribution in [0.25, 0.3) is 0 Å². The second-order valence-corrected chi connectivity index (χ2v) is 7.34. The fraction of sp³-hybridized carbons (Fsp3) is 0.952. The number of rotatable bonds is 14. The molecule has 0 spiro atoms. The van der Waals surface area contributed by atoms with Crippen molar-refractivity contribution < 1.29 is 0 Å². The molecule has 1 rings (SSSR count). The van der Waals surface area contributed by atoms with Crippen LogP contribution in [0.4, 0.5) is 0 Å². The van der Waals surface area contributed by atoms with Crippen molar-refractivity contribution in [2.75, 3.05) is 40.3 Å². The molecule has 0 aromatic carbocycles. The molecule has 0 bridgehead atoms. The van der Waals surface area contributed by atoms with Crippen LogP contribution >= 0.6 is 0 Å². The number of hydrogen-bond acceptors (Lipinski definition) is 3. The van der Waals surface area contributed by atoms with Gasteiger partial charge in [0.25, 0.3) is 0 Å². The topological polar surface area (TPSA) is 18.8 Å². The van der Waals surface area contributed by atoms with Crippen LogP contribution in [-0.2, 0) is 0 Å². The number of nitrogens with zero attached hydrogens (tertiary/aromatic N) is 3. The molecule has 3 nitrogen and oxygen atoms in total. The van der Waals surface area contributed by atoms with E-state index in [4.69, 9.17) is 0 Å². The molecular formula is C21H45N3. The van der Waals surface area contributed by atoms with E-state index in [9.17, 15) is 0 Å². The van der Waals surface area contributed by atoms with Gasteiger partial charge in [-0.15, -0.1) is 0 Å². The SMILES string of the molecule is CCCCCCCCN(C)CCCCCCCC.CN1C=NCC1. The Morgan fingerprint density at radius 2 is 1.25 bits per heavy atom. The molecule has 144 valence electrons. The normalized spacial score (nSPS) is 13.5. The molecule has 0 aromatic heterocycles. The van der Waals surface area contributed by atoms with Crippen LogP contribution in [0.1, 0.15) is 90.9 Å². The molecule has 0 amide bonds. The maximum atomic E-state index is 3.97. The first kappa shape index (κ1) is 23.4. The summed E-state index contributed by atoms with van der Waals surface area (Å²) >= 11 is 0. The first-order chi connectivity index (χ1) is 11.7. The molecule has 0 atom stereocenters. The Labute approximate surface area is 152 Å². The third-order valence-electron chi connectivity index (χ3n) is 4.65. The van der Waals surface area contributed by atoms with Crippen molar-refractivity contribution in [1.82, 2.24) is 9.80 Å². The lowest BCUT2D eigenvalue weighted by Crippen LogP contribution is -2.20. The zero-order valence-electron chi connectivity index (χ0n) is 17.2. The van der Waals surface area contributed by atoms with Gasteiger partial charge >= 0.3 is 0 Å². The molecule has 0 radical (unpaired) electrons. The quantitative estimate of drug-likeness (QED) is 0.384. The summed E-state index contributed by atoms with van der Waals surface area (Å²) in [5.41, 5.74) is 0. The minimum atomic E-state index is 0.983. The molecule has 24 heavy (non-hydrogen) atoms. The standard InChI is InChI=1S/C17H37N.C4H8N2/c1-4-6-8-10-12-14-16-18(3)17-15-13-11-9-7-5-2;1-6-3-2-5-4-6/h4-17H2,1-3H3;4H,2-3H2,1H3. The van der Waals surface area contributed by atoms with Gasteiger partial charge in [0.05, 0.1) is 12.9 Å². The maximum absolute atomic E-state index is 3.97. The van der Waals surface area contributed by atoms with Crippen LogP contribution in [0.3, 0.4) is 0 Å². The second-order valence-electron chi connectivity index (χ2n) is 7.34. The van der Waals surface area contributed by atoms with Crippen molar-refractivity contribution >= 4 is 6.34 Å². The van der Waals surface area contributed by atoms with Gasteiger partial charge in [-0.2, -0.15) is 0 Å². The summed E-state index contributed by atoms with van der Waals surface area (Å²) in [6.07, 6.45) is 18.9. The molecule has 0 saturated heterocycles. The van der Waals surface area contributed by atoms with E-state index >= 15 is 0 Å². The van der Waals surface area contributed by atoms with E-state index in [0.717, 1.165) is 13.1 Å². The highest BCUT2D eigenvalue weighted by Gasteiger charge is 1.98. The lowest BCUT2D eigenvalue weighted by Gasteiger charge is -2.16. The minimum Gasteiger partial charge on any atom is -0.364 e. The van der Waals surface area contributed by atoms with Crippen molar-refractivity contribution in [2.45, 2.75) is 90.9 Å². The molecule has 1 aliphatic heterocycles. The third-order valence-corrected chi connectivity index (χ3v) is 4.65. The summed E-state index contributed by atoms with van der Waals surface area (Å²) in [5.74, 6) is 0. The molecule has 0 saturated carbocycles. The Kier molecular flexibility index (Phi) is 18.3. The highest BCUT2D eigenvalue weighted by Crippen LogP contribution is 2.07. The average Bonchev–Trinajstić information content (AvgIpc) is 3.05. The molecule has 0 unspecified atom stereocenters. The van der Waals surface area contributed by atoms with Crippen LogP contribution in [0.15, 0.2) is 4.99 Å². The molecule has 0 aliphatic carbocycles. The summed E-state index contributed by atoms with van der Waals surface area (Å²) in [6, 6.07) is 0. The van der Waals surface area contributed by atoms with Gasteiger partial charge < -0.3 is 9.80 Å². The summed E-state index contributed by atoms with van der Waals surface area (Å²) in [5, 5.41) is 0. The third kappa shape index (κ3) is 17.8. The Balaban J connectivity index is 0.000000728. The van der Waals surface area contributed by atoms with Gasteiger partial charge in [-0.3, -0.25) is 4.99 Å². The van der Waals surface area contributed by atoms with E-state index < -0.39 is 0 Å². The lowest BCUT2D eigenvalue weighted by molar-refractivity contribution is 0.314. The largest absolute Gasteiger partial charge is 0.364 e. The molecule has 3 heteroatoms. The van der Waals surface area contributed by atoms with Crippen LogP contribution in [0, 0.1) is 0 Å². The van der Waals surface area contributed by atoms with Gasteiger partial charge in [0.15, 0.2) is 0 Å². The highest BCUT2D eigenvalue weighted by atomic mass is 15.2. The number of aliphatic imine (C=N–C) groups is 1. The summed E-state index contributed by atoms with van der Waals surface area (Å²) in [6.45, 7) is 9.27. The van der Waals surface area contributed by atoms with Gasteiger partial charge in [0.2, 0.25) is 0 Å². The van der Waals surface area contributed by atoms with Crippen molar-refractivity contribution in [3.05, 3.63) is 0 Å². The highest BCUT2D eigenvalue weighted by molar-refractivity contribution is 5.56. The van der Waals surface area contributed by atoms with E-state index in [0.29, 0.717) is 0 Å². The van der Waals surface area contributed by atoms with Crippen LogP contribution in [-0.4, -0.2) is 56.4 Å². The van der Waals surface area contributed by atoms with Crippen molar-refractivity contribution in [3.8, 4) is 0 Å². The predicted molar refractivity (Wildman–Crippen MR) is 110 cm³/mol. The minimum absolute atomic E-state index is 0.983. The molecule has 1 aliphatic rings. The number of likely N-dealkylation sites (N-methyl/N-ethyl adjacent to an activating group) is 1. The van der Waals surface area contributed by atoms with Gasteiger partial charge in [-0.25, -0.2) is 0 Å². The number of hydrogen-bond donors (Lipinski definition) is 0. The van der Waals surface area contributed by atoms with E-state index in [2.05, 4.69) is 35.7 Å². The first-order valence-corrected chi connectivity index (χ1v) is 10.6. The second kappa shape index (κ2) is 18.8. The predicted octanol–water partition coefficient (Wildman–Crippen LogP) is 5.60. The van der Waals surface area contributed by atoms with Crippen LogP contribution in [0.5, 0.6) is 0 Å².